The maximum absolute atomic E-state index is 12.0. The topological polar surface area (TPSA) is 61.4 Å². The van der Waals surface area contributed by atoms with E-state index in [1.54, 1.807) is 0 Å². The van der Waals surface area contributed by atoms with Crippen LogP contribution >= 0.6 is 0 Å². The quantitative estimate of drug-likeness (QED) is 0.786. The molecule has 0 aromatic carbocycles. The second kappa shape index (κ2) is 7.48. The summed E-state index contributed by atoms with van der Waals surface area (Å²) in [6, 6.07) is -0.114. The predicted octanol–water partition coefficient (Wildman–Crippen LogP) is 0.647. The highest BCUT2D eigenvalue weighted by Gasteiger charge is 2.21. The van der Waals surface area contributed by atoms with Crippen molar-refractivity contribution < 1.29 is 9.59 Å². The standard InChI is InChI=1S/C14H25N3O2/c18-13(17-10-4-1-5-11-17)7-9-15-12-6-2-3-8-16-14(12)19/h12,15H,1-11H2,(H,16,19). The number of piperidine rings is 1. The molecule has 5 heteroatoms. The summed E-state index contributed by atoms with van der Waals surface area (Å²) in [6.07, 6.45) is 7.00. The van der Waals surface area contributed by atoms with E-state index in [4.69, 9.17) is 0 Å². The van der Waals surface area contributed by atoms with Gasteiger partial charge in [0.15, 0.2) is 0 Å². The summed E-state index contributed by atoms with van der Waals surface area (Å²) in [7, 11) is 0. The third-order valence-corrected chi connectivity index (χ3v) is 3.97. The summed E-state index contributed by atoms with van der Waals surface area (Å²) in [5.74, 6) is 0.309. The van der Waals surface area contributed by atoms with Crippen LogP contribution in [-0.4, -0.2) is 48.9 Å². The molecule has 0 saturated carbocycles. The summed E-state index contributed by atoms with van der Waals surface area (Å²) in [5, 5.41) is 6.12. The van der Waals surface area contributed by atoms with Crippen molar-refractivity contribution >= 4 is 11.8 Å². The molecule has 2 saturated heterocycles. The second-order valence-electron chi connectivity index (χ2n) is 5.48. The third-order valence-electron chi connectivity index (χ3n) is 3.97. The number of carbonyl (C=O) groups excluding carboxylic acids is 2. The van der Waals surface area contributed by atoms with Crippen molar-refractivity contribution in [2.24, 2.45) is 0 Å². The van der Waals surface area contributed by atoms with Gasteiger partial charge < -0.3 is 15.5 Å². The van der Waals surface area contributed by atoms with E-state index < -0.39 is 0 Å². The van der Waals surface area contributed by atoms with E-state index in [1.807, 2.05) is 4.90 Å². The monoisotopic (exact) mass is 267 g/mol. The van der Waals surface area contributed by atoms with Crippen LogP contribution in [0.4, 0.5) is 0 Å². The van der Waals surface area contributed by atoms with Gasteiger partial charge in [0.25, 0.3) is 0 Å². The molecule has 0 aromatic rings. The van der Waals surface area contributed by atoms with Crippen LogP contribution in [0.15, 0.2) is 0 Å². The fraction of sp³-hybridized carbons (Fsp3) is 0.857. The molecular weight excluding hydrogens is 242 g/mol. The number of nitrogens with one attached hydrogen (secondary N) is 2. The molecule has 0 radical (unpaired) electrons. The number of carbonyl (C=O) groups is 2. The molecule has 2 amide bonds. The molecule has 2 aliphatic rings. The first-order valence-electron chi connectivity index (χ1n) is 7.56. The maximum atomic E-state index is 12.0. The van der Waals surface area contributed by atoms with E-state index >= 15 is 0 Å². The Morgan fingerprint density at radius 3 is 2.79 bits per heavy atom. The van der Waals surface area contributed by atoms with E-state index in [9.17, 15) is 9.59 Å². The number of likely N-dealkylation sites (tertiary alicyclic amines) is 1. The van der Waals surface area contributed by atoms with Crippen LogP contribution in [0.25, 0.3) is 0 Å². The van der Waals surface area contributed by atoms with Crippen molar-refractivity contribution in [3.05, 3.63) is 0 Å². The summed E-state index contributed by atoms with van der Waals surface area (Å²) >= 11 is 0. The van der Waals surface area contributed by atoms with Gasteiger partial charge in [-0.2, -0.15) is 0 Å². The Morgan fingerprint density at radius 2 is 2.00 bits per heavy atom. The average molecular weight is 267 g/mol. The second-order valence-corrected chi connectivity index (χ2v) is 5.48. The Labute approximate surface area is 115 Å². The number of hydrogen-bond acceptors (Lipinski definition) is 3. The van der Waals surface area contributed by atoms with Crippen molar-refractivity contribution in [1.82, 2.24) is 15.5 Å². The molecule has 0 aliphatic carbocycles. The van der Waals surface area contributed by atoms with E-state index in [-0.39, 0.29) is 17.9 Å². The average Bonchev–Trinajstić information content (AvgIpc) is 2.65. The largest absolute Gasteiger partial charge is 0.355 e. The summed E-state index contributed by atoms with van der Waals surface area (Å²) in [5.41, 5.74) is 0. The fourth-order valence-electron chi connectivity index (χ4n) is 2.79. The van der Waals surface area contributed by atoms with Crippen LogP contribution in [-0.2, 0) is 9.59 Å². The first-order chi connectivity index (χ1) is 9.27. The van der Waals surface area contributed by atoms with Gasteiger partial charge in [0.2, 0.25) is 11.8 Å². The van der Waals surface area contributed by atoms with Crippen LogP contribution < -0.4 is 10.6 Å². The van der Waals surface area contributed by atoms with Crippen LogP contribution in [0, 0.1) is 0 Å². The SMILES string of the molecule is O=C1NCCCCC1NCCC(=O)N1CCCCC1. The van der Waals surface area contributed by atoms with Gasteiger partial charge in [0.05, 0.1) is 6.04 Å². The minimum Gasteiger partial charge on any atom is -0.355 e. The van der Waals surface area contributed by atoms with Gasteiger partial charge in [-0.25, -0.2) is 0 Å². The number of rotatable bonds is 4. The van der Waals surface area contributed by atoms with E-state index in [0.29, 0.717) is 13.0 Å². The first-order valence-corrected chi connectivity index (χ1v) is 7.56. The van der Waals surface area contributed by atoms with Gasteiger partial charge >= 0.3 is 0 Å². The molecule has 2 aliphatic heterocycles. The number of amides is 2. The molecule has 0 spiro atoms. The van der Waals surface area contributed by atoms with Crippen molar-refractivity contribution in [1.29, 1.82) is 0 Å². The highest BCUT2D eigenvalue weighted by molar-refractivity contribution is 5.82. The van der Waals surface area contributed by atoms with Crippen LogP contribution in [0.3, 0.4) is 0 Å². The zero-order chi connectivity index (χ0) is 13.5. The number of hydrogen-bond donors (Lipinski definition) is 2. The summed E-state index contributed by atoms with van der Waals surface area (Å²) < 4.78 is 0. The molecule has 2 N–H and O–H groups in total. The molecule has 2 heterocycles. The molecule has 0 bridgehead atoms. The molecule has 108 valence electrons. The van der Waals surface area contributed by atoms with Gasteiger partial charge in [-0.05, 0) is 38.5 Å². The predicted molar refractivity (Wildman–Crippen MR) is 73.7 cm³/mol. The minimum atomic E-state index is -0.114. The van der Waals surface area contributed by atoms with Gasteiger partial charge in [-0.3, -0.25) is 9.59 Å². The van der Waals surface area contributed by atoms with Gasteiger partial charge in [-0.15, -0.1) is 0 Å². The fourth-order valence-corrected chi connectivity index (χ4v) is 2.79. The van der Waals surface area contributed by atoms with Crippen LogP contribution in [0.1, 0.15) is 44.9 Å². The lowest BCUT2D eigenvalue weighted by Gasteiger charge is -2.27. The normalized spacial score (nSPS) is 24.7. The van der Waals surface area contributed by atoms with E-state index in [2.05, 4.69) is 10.6 Å². The molecule has 2 fully saturated rings. The molecular formula is C14H25N3O2. The Hall–Kier alpha value is -1.10. The van der Waals surface area contributed by atoms with Gasteiger partial charge in [0, 0.05) is 32.6 Å². The van der Waals surface area contributed by atoms with Crippen LogP contribution in [0.5, 0.6) is 0 Å². The highest BCUT2D eigenvalue weighted by Crippen LogP contribution is 2.10. The Balaban J connectivity index is 1.67. The zero-order valence-electron chi connectivity index (χ0n) is 11.6. The Bertz CT molecular complexity index is 314. The minimum absolute atomic E-state index is 0.0860. The molecule has 1 unspecified atom stereocenters. The summed E-state index contributed by atoms with van der Waals surface area (Å²) in [4.78, 5) is 25.7. The van der Waals surface area contributed by atoms with Gasteiger partial charge in [-0.1, -0.05) is 0 Å². The van der Waals surface area contributed by atoms with E-state index in [1.165, 1.54) is 6.42 Å². The zero-order valence-corrected chi connectivity index (χ0v) is 11.6. The maximum Gasteiger partial charge on any atom is 0.237 e. The third kappa shape index (κ3) is 4.49. The molecule has 1 atom stereocenters. The lowest BCUT2D eigenvalue weighted by atomic mass is 10.1. The van der Waals surface area contributed by atoms with Crippen molar-refractivity contribution in [2.75, 3.05) is 26.2 Å². The smallest absolute Gasteiger partial charge is 0.237 e. The Kier molecular flexibility index (Phi) is 5.63. The highest BCUT2D eigenvalue weighted by atomic mass is 16.2. The van der Waals surface area contributed by atoms with Gasteiger partial charge in [0.1, 0.15) is 0 Å². The lowest BCUT2D eigenvalue weighted by molar-refractivity contribution is -0.132. The summed E-state index contributed by atoms with van der Waals surface area (Å²) in [6.45, 7) is 3.20. The molecule has 5 nitrogen and oxygen atoms in total. The van der Waals surface area contributed by atoms with Crippen molar-refractivity contribution in [3.8, 4) is 0 Å². The first kappa shape index (κ1) is 14.3. The Morgan fingerprint density at radius 1 is 1.21 bits per heavy atom. The lowest BCUT2D eigenvalue weighted by Crippen LogP contribution is -2.44. The van der Waals surface area contributed by atoms with Crippen molar-refractivity contribution in [3.63, 3.8) is 0 Å². The van der Waals surface area contributed by atoms with Crippen molar-refractivity contribution in [2.45, 2.75) is 51.0 Å². The molecule has 2 rings (SSSR count). The van der Waals surface area contributed by atoms with Crippen LogP contribution in [0.2, 0.25) is 0 Å². The molecule has 19 heavy (non-hydrogen) atoms. The molecule has 0 aromatic heterocycles. The number of nitrogens with zero attached hydrogens (tertiary/aromatic N) is 1. The van der Waals surface area contributed by atoms with E-state index in [0.717, 1.165) is 51.7 Å².